The lowest BCUT2D eigenvalue weighted by molar-refractivity contribution is 0.445. The minimum Gasteiger partial charge on any atom is -0.207 e. The first-order chi connectivity index (χ1) is 16.2. The van der Waals surface area contributed by atoms with Gasteiger partial charge in [-0.2, -0.15) is 0 Å². The highest BCUT2D eigenvalue weighted by atomic mass is 32.1. The van der Waals surface area contributed by atoms with Gasteiger partial charge in [0.2, 0.25) is 0 Å². The van der Waals surface area contributed by atoms with Gasteiger partial charge in [0.1, 0.15) is 23.3 Å². The van der Waals surface area contributed by atoms with E-state index in [-0.39, 0.29) is 21.6 Å². The van der Waals surface area contributed by atoms with Gasteiger partial charge in [0.05, 0.1) is 4.88 Å². The molecule has 0 unspecified atom stereocenters. The largest absolute Gasteiger partial charge is 0.207 e. The minimum atomic E-state index is -1.68. The molecule has 4 aromatic rings. The molecule has 4 rings (SSSR count). The highest BCUT2D eigenvalue weighted by molar-refractivity contribution is 7.15. The van der Waals surface area contributed by atoms with Crippen molar-refractivity contribution in [1.82, 2.24) is 0 Å². The lowest BCUT2D eigenvalue weighted by atomic mass is 9.97. The fraction of sp³-hybridized carbons (Fsp3) is 0.154. The summed E-state index contributed by atoms with van der Waals surface area (Å²) in [6.07, 6.45) is 1.00. The third-order valence-electron chi connectivity index (χ3n) is 5.34. The van der Waals surface area contributed by atoms with Crippen LogP contribution in [0.15, 0.2) is 48.5 Å². The number of halogens is 7. The zero-order chi connectivity index (χ0) is 24.6. The van der Waals surface area contributed by atoms with Crippen LogP contribution in [-0.4, -0.2) is 0 Å². The summed E-state index contributed by atoms with van der Waals surface area (Å²) in [6.45, 7) is 1.96. The monoisotopic (exact) mass is 494 g/mol. The Bertz CT molecular complexity index is 1330. The molecule has 1 aromatic heterocycles. The second-order valence-corrected chi connectivity index (χ2v) is 8.94. The molecule has 0 saturated carbocycles. The standard InChI is InChI=1S/C26H17F7S/c1-2-3-16-12-24(32)26(34-16)14-4-5-17(19(27)9-14)15-10-20(28)18(21(29)11-15)6-13-7-22(30)25(33)23(31)8-13/h4-5,7-12H,2-3,6H2,1H3. The van der Waals surface area contributed by atoms with Gasteiger partial charge in [0.25, 0.3) is 0 Å². The summed E-state index contributed by atoms with van der Waals surface area (Å²) < 4.78 is 98.5. The molecule has 0 aliphatic heterocycles. The summed E-state index contributed by atoms with van der Waals surface area (Å²) in [5.74, 6) is -8.00. The Hall–Kier alpha value is -3.13. The molecule has 0 aliphatic carbocycles. The van der Waals surface area contributed by atoms with E-state index in [1.165, 1.54) is 29.5 Å². The topological polar surface area (TPSA) is 0 Å². The van der Waals surface area contributed by atoms with Crippen LogP contribution in [0.1, 0.15) is 29.3 Å². The Labute approximate surface area is 195 Å². The average Bonchev–Trinajstić information content (AvgIpc) is 3.14. The number of benzene rings is 3. The molecule has 0 fully saturated rings. The molecule has 1 heterocycles. The first-order valence-electron chi connectivity index (χ1n) is 10.4. The first kappa shape index (κ1) is 24.0. The van der Waals surface area contributed by atoms with Gasteiger partial charge in [-0.25, -0.2) is 30.7 Å². The van der Waals surface area contributed by atoms with Crippen LogP contribution in [0.2, 0.25) is 0 Å². The van der Waals surface area contributed by atoms with Gasteiger partial charge >= 0.3 is 0 Å². The van der Waals surface area contributed by atoms with E-state index in [0.717, 1.165) is 29.5 Å². The van der Waals surface area contributed by atoms with Crippen molar-refractivity contribution in [1.29, 1.82) is 0 Å². The van der Waals surface area contributed by atoms with E-state index in [4.69, 9.17) is 0 Å². The Kier molecular flexibility index (Phi) is 6.79. The SMILES string of the molecule is CCCc1cc(F)c(-c2ccc(-c3cc(F)c(Cc4cc(F)c(F)c(F)c4)c(F)c3)c(F)c2)s1. The van der Waals surface area contributed by atoms with E-state index >= 15 is 0 Å². The predicted molar refractivity (Wildman–Crippen MR) is 118 cm³/mol. The second kappa shape index (κ2) is 9.62. The summed E-state index contributed by atoms with van der Waals surface area (Å²) in [7, 11) is 0. The van der Waals surface area contributed by atoms with Gasteiger partial charge in [-0.15, -0.1) is 11.3 Å². The van der Waals surface area contributed by atoms with Crippen LogP contribution in [0.3, 0.4) is 0 Å². The van der Waals surface area contributed by atoms with Crippen LogP contribution in [0.25, 0.3) is 21.6 Å². The highest BCUT2D eigenvalue weighted by Crippen LogP contribution is 2.35. The molecule has 176 valence electrons. The fourth-order valence-corrected chi connectivity index (χ4v) is 4.85. The van der Waals surface area contributed by atoms with Gasteiger partial charge in [-0.3, -0.25) is 0 Å². The fourth-order valence-electron chi connectivity index (χ4n) is 3.71. The molecule has 0 saturated heterocycles. The Balaban J connectivity index is 1.65. The van der Waals surface area contributed by atoms with Crippen LogP contribution in [-0.2, 0) is 12.8 Å². The summed E-state index contributed by atoms with van der Waals surface area (Å²) in [5.41, 5.74) is -0.562. The molecular formula is C26H17F7S. The number of thiophene rings is 1. The van der Waals surface area contributed by atoms with E-state index < -0.39 is 52.7 Å². The third-order valence-corrected chi connectivity index (χ3v) is 6.56. The van der Waals surface area contributed by atoms with Crippen LogP contribution in [0.4, 0.5) is 30.7 Å². The normalized spacial score (nSPS) is 11.3. The van der Waals surface area contributed by atoms with Gasteiger partial charge in [-0.1, -0.05) is 25.5 Å². The predicted octanol–water partition coefficient (Wildman–Crippen LogP) is 8.60. The summed E-state index contributed by atoms with van der Waals surface area (Å²) in [5, 5.41) is 0. The van der Waals surface area contributed by atoms with Crippen LogP contribution < -0.4 is 0 Å². The molecule has 3 aromatic carbocycles. The third kappa shape index (κ3) is 4.73. The maximum atomic E-state index is 14.9. The van der Waals surface area contributed by atoms with Crippen molar-refractivity contribution in [2.45, 2.75) is 26.2 Å². The van der Waals surface area contributed by atoms with E-state index in [0.29, 0.717) is 24.1 Å². The quantitative estimate of drug-likeness (QED) is 0.186. The van der Waals surface area contributed by atoms with E-state index in [2.05, 4.69) is 0 Å². The molecule has 0 N–H and O–H groups in total. The van der Waals surface area contributed by atoms with E-state index in [1.54, 1.807) is 0 Å². The molecule has 0 nitrogen and oxygen atoms in total. The molecule has 0 aliphatic rings. The number of hydrogen-bond donors (Lipinski definition) is 0. The molecule has 8 heteroatoms. The molecule has 34 heavy (non-hydrogen) atoms. The lowest BCUT2D eigenvalue weighted by Gasteiger charge is -2.11. The van der Waals surface area contributed by atoms with Crippen molar-refractivity contribution in [3.63, 3.8) is 0 Å². The van der Waals surface area contributed by atoms with Crippen molar-refractivity contribution in [2.75, 3.05) is 0 Å². The number of rotatable bonds is 6. The summed E-state index contributed by atoms with van der Waals surface area (Å²) in [4.78, 5) is 1.11. The zero-order valence-corrected chi connectivity index (χ0v) is 18.6. The minimum absolute atomic E-state index is 0.0993. The molecule has 0 bridgehead atoms. The van der Waals surface area contributed by atoms with Crippen molar-refractivity contribution in [2.24, 2.45) is 0 Å². The lowest BCUT2D eigenvalue weighted by Crippen LogP contribution is -2.01. The average molecular weight is 494 g/mol. The highest BCUT2D eigenvalue weighted by Gasteiger charge is 2.18. The maximum Gasteiger partial charge on any atom is 0.194 e. The smallest absolute Gasteiger partial charge is 0.194 e. The number of aryl methyl sites for hydroxylation is 1. The van der Waals surface area contributed by atoms with Crippen molar-refractivity contribution in [3.8, 4) is 21.6 Å². The maximum absolute atomic E-state index is 14.9. The van der Waals surface area contributed by atoms with Crippen LogP contribution in [0, 0.1) is 40.7 Å². The van der Waals surface area contributed by atoms with Crippen molar-refractivity contribution in [3.05, 3.63) is 105 Å². The summed E-state index contributed by atoms with van der Waals surface area (Å²) in [6, 6.07) is 8.40. The van der Waals surface area contributed by atoms with Crippen LogP contribution >= 0.6 is 11.3 Å². The van der Waals surface area contributed by atoms with E-state index in [9.17, 15) is 30.7 Å². The molecule has 0 atom stereocenters. The summed E-state index contributed by atoms with van der Waals surface area (Å²) >= 11 is 1.22. The molecule has 0 spiro atoms. The Morgan fingerprint density at radius 3 is 1.85 bits per heavy atom. The zero-order valence-electron chi connectivity index (χ0n) is 17.8. The van der Waals surface area contributed by atoms with Crippen LogP contribution in [0.5, 0.6) is 0 Å². The Morgan fingerprint density at radius 1 is 0.647 bits per heavy atom. The van der Waals surface area contributed by atoms with Gasteiger partial charge in [0, 0.05) is 22.4 Å². The van der Waals surface area contributed by atoms with Gasteiger partial charge in [0.15, 0.2) is 17.5 Å². The Morgan fingerprint density at radius 2 is 1.26 bits per heavy atom. The van der Waals surface area contributed by atoms with Crippen molar-refractivity contribution < 1.29 is 30.7 Å². The van der Waals surface area contributed by atoms with E-state index in [1.807, 2.05) is 6.92 Å². The molecule has 0 amide bonds. The number of hydrogen-bond acceptors (Lipinski definition) is 1. The van der Waals surface area contributed by atoms with Gasteiger partial charge < -0.3 is 0 Å². The second-order valence-electron chi connectivity index (χ2n) is 7.80. The van der Waals surface area contributed by atoms with Crippen molar-refractivity contribution >= 4 is 11.3 Å². The molecular weight excluding hydrogens is 477 g/mol. The molecule has 0 radical (unpaired) electrons. The first-order valence-corrected chi connectivity index (χ1v) is 11.2. The van der Waals surface area contributed by atoms with Gasteiger partial charge in [-0.05, 0) is 59.5 Å².